The Morgan fingerprint density at radius 2 is 2.00 bits per heavy atom. The Kier molecular flexibility index (Phi) is 4.23. The third kappa shape index (κ3) is 3.88. The van der Waals surface area contributed by atoms with Gasteiger partial charge in [0.25, 0.3) is 0 Å². The Morgan fingerprint density at radius 3 is 2.63 bits per heavy atom. The SMILES string of the molecule is CN(Cc1ccco1)C(=O)CCc1ccc(N)cc1. The number of rotatable bonds is 5. The Hall–Kier alpha value is -2.23. The molecule has 0 aliphatic rings. The number of carbonyl (C=O) groups excluding carboxylic acids is 1. The molecular weight excluding hydrogens is 240 g/mol. The van der Waals surface area contributed by atoms with Crippen molar-refractivity contribution in [3.63, 3.8) is 0 Å². The molecule has 2 aromatic rings. The molecule has 4 heteroatoms. The number of furan rings is 1. The normalized spacial score (nSPS) is 10.4. The number of benzene rings is 1. The largest absolute Gasteiger partial charge is 0.467 e. The van der Waals surface area contributed by atoms with Crippen molar-refractivity contribution in [1.82, 2.24) is 4.90 Å². The molecule has 0 aliphatic heterocycles. The highest BCUT2D eigenvalue weighted by Crippen LogP contribution is 2.10. The number of nitrogen functional groups attached to an aromatic ring is 1. The summed E-state index contributed by atoms with van der Waals surface area (Å²) in [5.41, 5.74) is 7.48. The van der Waals surface area contributed by atoms with Crippen molar-refractivity contribution < 1.29 is 9.21 Å². The first-order valence-corrected chi connectivity index (χ1v) is 6.26. The summed E-state index contributed by atoms with van der Waals surface area (Å²) in [6, 6.07) is 11.3. The van der Waals surface area contributed by atoms with Gasteiger partial charge >= 0.3 is 0 Å². The first-order chi connectivity index (χ1) is 9.15. The van der Waals surface area contributed by atoms with Gasteiger partial charge in [-0.25, -0.2) is 0 Å². The van der Waals surface area contributed by atoms with Crippen LogP contribution in [0.3, 0.4) is 0 Å². The number of aryl methyl sites for hydroxylation is 1. The molecule has 2 N–H and O–H groups in total. The Labute approximate surface area is 112 Å². The van der Waals surface area contributed by atoms with Crippen LogP contribution >= 0.6 is 0 Å². The summed E-state index contributed by atoms with van der Waals surface area (Å²) in [6.07, 6.45) is 2.82. The number of amides is 1. The number of nitrogens with zero attached hydrogens (tertiary/aromatic N) is 1. The fraction of sp³-hybridized carbons (Fsp3) is 0.267. The van der Waals surface area contributed by atoms with Crippen molar-refractivity contribution in [1.29, 1.82) is 0 Å². The van der Waals surface area contributed by atoms with Crippen LogP contribution in [-0.2, 0) is 17.8 Å². The van der Waals surface area contributed by atoms with Crippen LogP contribution in [0.1, 0.15) is 17.7 Å². The molecule has 0 spiro atoms. The molecule has 0 saturated carbocycles. The van der Waals surface area contributed by atoms with E-state index >= 15 is 0 Å². The second kappa shape index (κ2) is 6.09. The Bertz CT molecular complexity index is 518. The van der Waals surface area contributed by atoms with Gasteiger partial charge in [-0.15, -0.1) is 0 Å². The summed E-state index contributed by atoms with van der Waals surface area (Å²) >= 11 is 0. The molecule has 100 valence electrons. The lowest BCUT2D eigenvalue weighted by molar-refractivity contribution is -0.130. The van der Waals surface area contributed by atoms with E-state index in [1.807, 2.05) is 36.4 Å². The van der Waals surface area contributed by atoms with Gasteiger partial charge in [0, 0.05) is 19.2 Å². The maximum atomic E-state index is 12.0. The number of hydrogen-bond donors (Lipinski definition) is 1. The van der Waals surface area contributed by atoms with Crippen LogP contribution in [0.2, 0.25) is 0 Å². The zero-order valence-electron chi connectivity index (χ0n) is 11.0. The van der Waals surface area contributed by atoms with Crippen LogP contribution in [0.5, 0.6) is 0 Å². The van der Waals surface area contributed by atoms with E-state index in [9.17, 15) is 4.79 Å². The van der Waals surface area contributed by atoms with E-state index in [0.717, 1.165) is 23.4 Å². The molecule has 0 aliphatic carbocycles. The predicted molar refractivity (Wildman–Crippen MR) is 74.4 cm³/mol. The maximum Gasteiger partial charge on any atom is 0.223 e. The first-order valence-electron chi connectivity index (χ1n) is 6.26. The molecule has 1 aromatic carbocycles. The van der Waals surface area contributed by atoms with E-state index in [0.29, 0.717) is 13.0 Å². The minimum atomic E-state index is 0.105. The van der Waals surface area contributed by atoms with Crippen LogP contribution in [0.25, 0.3) is 0 Å². The first kappa shape index (κ1) is 13.2. The summed E-state index contributed by atoms with van der Waals surface area (Å²) in [5.74, 6) is 0.900. The second-order valence-electron chi connectivity index (χ2n) is 4.57. The molecule has 1 heterocycles. The van der Waals surface area contributed by atoms with Gasteiger partial charge in [-0.3, -0.25) is 4.79 Å². The average molecular weight is 258 g/mol. The van der Waals surface area contributed by atoms with Crippen molar-refractivity contribution in [3.8, 4) is 0 Å². The summed E-state index contributed by atoms with van der Waals surface area (Å²) < 4.78 is 5.22. The predicted octanol–water partition coefficient (Wildman–Crippen LogP) is 2.45. The van der Waals surface area contributed by atoms with E-state index in [-0.39, 0.29) is 5.91 Å². The van der Waals surface area contributed by atoms with Gasteiger partial charge in [-0.05, 0) is 36.2 Å². The maximum absolute atomic E-state index is 12.0. The van der Waals surface area contributed by atoms with E-state index < -0.39 is 0 Å². The molecule has 4 nitrogen and oxygen atoms in total. The van der Waals surface area contributed by atoms with Gasteiger partial charge in [-0.1, -0.05) is 12.1 Å². The molecule has 2 rings (SSSR count). The minimum absolute atomic E-state index is 0.105. The monoisotopic (exact) mass is 258 g/mol. The van der Waals surface area contributed by atoms with Gasteiger partial charge in [-0.2, -0.15) is 0 Å². The highest BCUT2D eigenvalue weighted by molar-refractivity contribution is 5.76. The van der Waals surface area contributed by atoms with Gasteiger partial charge in [0.1, 0.15) is 5.76 Å². The van der Waals surface area contributed by atoms with Crippen LogP contribution in [0, 0.1) is 0 Å². The molecule has 19 heavy (non-hydrogen) atoms. The van der Waals surface area contributed by atoms with Crippen molar-refractivity contribution >= 4 is 11.6 Å². The molecule has 0 saturated heterocycles. The number of nitrogens with two attached hydrogens (primary N) is 1. The highest BCUT2D eigenvalue weighted by atomic mass is 16.3. The zero-order valence-corrected chi connectivity index (χ0v) is 11.0. The quantitative estimate of drug-likeness (QED) is 0.838. The Balaban J connectivity index is 1.82. The van der Waals surface area contributed by atoms with Gasteiger partial charge in [0.15, 0.2) is 0 Å². The zero-order chi connectivity index (χ0) is 13.7. The lowest BCUT2D eigenvalue weighted by Gasteiger charge is -2.15. The van der Waals surface area contributed by atoms with E-state index in [1.165, 1.54) is 0 Å². The van der Waals surface area contributed by atoms with E-state index in [4.69, 9.17) is 10.2 Å². The molecule has 0 radical (unpaired) electrons. The fourth-order valence-electron chi connectivity index (χ4n) is 1.85. The van der Waals surface area contributed by atoms with Gasteiger partial charge in [0.2, 0.25) is 5.91 Å². The smallest absolute Gasteiger partial charge is 0.223 e. The van der Waals surface area contributed by atoms with Gasteiger partial charge < -0.3 is 15.1 Å². The summed E-state index contributed by atoms with van der Waals surface area (Å²) in [7, 11) is 1.79. The summed E-state index contributed by atoms with van der Waals surface area (Å²) in [6.45, 7) is 0.508. The van der Waals surface area contributed by atoms with Crippen LogP contribution in [-0.4, -0.2) is 17.9 Å². The molecule has 0 bridgehead atoms. The van der Waals surface area contributed by atoms with E-state index in [2.05, 4.69) is 0 Å². The molecule has 0 atom stereocenters. The highest BCUT2D eigenvalue weighted by Gasteiger charge is 2.10. The topological polar surface area (TPSA) is 59.5 Å². The van der Waals surface area contributed by atoms with Crippen molar-refractivity contribution in [2.24, 2.45) is 0 Å². The molecule has 1 amide bonds. The average Bonchev–Trinajstić information content (AvgIpc) is 2.90. The standard InChI is InChI=1S/C15H18N2O2/c1-17(11-14-3-2-10-19-14)15(18)9-6-12-4-7-13(16)8-5-12/h2-5,7-8,10H,6,9,11,16H2,1H3. The van der Waals surface area contributed by atoms with E-state index in [1.54, 1.807) is 18.2 Å². The lowest BCUT2D eigenvalue weighted by atomic mass is 10.1. The number of hydrogen-bond acceptors (Lipinski definition) is 3. The number of anilines is 1. The molecule has 0 unspecified atom stereocenters. The van der Waals surface area contributed by atoms with Crippen LogP contribution < -0.4 is 5.73 Å². The lowest BCUT2D eigenvalue weighted by Crippen LogP contribution is -2.26. The van der Waals surface area contributed by atoms with Crippen LogP contribution in [0.4, 0.5) is 5.69 Å². The van der Waals surface area contributed by atoms with Crippen molar-refractivity contribution in [2.75, 3.05) is 12.8 Å². The van der Waals surface area contributed by atoms with Crippen LogP contribution in [0.15, 0.2) is 47.1 Å². The summed E-state index contributed by atoms with van der Waals surface area (Å²) in [4.78, 5) is 13.6. The minimum Gasteiger partial charge on any atom is -0.467 e. The van der Waals surface area contributed by atoms with Crippen molar-refractivity contribution in [3.05, 3.63) is 54.0 Å². The second-order valence-corrected chi connectivity index (χ2v) is 4.57. The molecular formula is C15H18N2O2. The third-order valence-electron chi connectivity index (χ3n) is 3.01. The fourth-order valence-corrected chi connectivity index (χ4v) is 1.85. The van der Waals surface area contributed by atoms with Gasteiger partial charge in [0.05, 0.1) is 12.8 Å². The van der Waals surface area contributed by atoms with Crippen molar-refractivity contribution in [2.45, 2.75) is 19.4 Å². The Morgan fingerprint density at radius 1 is 1.26 bits per heavy atom. The molecule has 1 aromatic heterocycles. The number of carbonyl (C=O) groups is 1. The summed E-state index contributed by atoms with van der Waals surface area (Å²) in [5, 5.41) is 0. The third-order valence-corrected chi connectivity index (χ3v) is 3.01. The molecule has 0 fully saturated rings.